The van der Waals surface area contributed by atoms with E-state index in [9.17, 15) is 9.59 Å². The van der Waals surface area contributed by atoms with Crippen molar-refractivity contribution in [3.05, 3.63) is 28.4 Å². The first kappa shape index (κ1) is 23.7. The minimum absolute atomic E-state index is 0.0630. The molecule has 172 valence electrons. The van der Waals surface area contributed by atoms with E-state index in [-0.39, 0.29) is 22.4 Å². The molecule has 32 heavy (non-hydrogen) atoms. The first-order chi connectivity index (χ1) is 15.4. The standard InChI is InChI=1S/C21H25ClN4O3S3/c1-29-15-11-13(10-14(22)23-15)18(27)25-7-4-21(5-8-25)6-9-26(12-21)19(28)16-17(30-2)24-32-20(16)31-3/h10-11H,4-9,12H2,1-3H3. The van der Waals surface area contributed by atoms with E-state index in [0.717, 1.165) is 47.2 Å². The summed E-state index contributed by atoms with van der Waals surface area (Å²) in [7, 11) is 1.50. The number of ether oxygens (including phenoxy) is 1. The smallest absolute Gasteiger partial charge is 0.258 e. The number of likely N-dealkylation sites (tertiary alicyclic amines) is 2. The molecule has 0 N–H and O–H groups in total. The number of rotatable bonds is 5. The largest absolute Gasteiger partial charge is 0.481 e. The third kappa shape index (κ3) is 4.60. The highest BCUT2D eigenvalue weighted by Crippen LogP contribution is 2.42. The number of hydrogen-bond acceptors (Lipinski definition) is 8. The Morgan fingerprint density at radius 3 is 2.41 bits per heavy atom. The van der Waals surface area contributed by atoms with Gasteiger partial charge in [-0.25, -0.2) is 4.98 Å². The lowest BCUT2D eigenvalue weighted by atomic mass is 9.77. The van der Waals surface area contributed by atoms with Crippen LogP contribution < -0.4 is 4.74 Å². The van der Waals surface area contributed by atoms with E-state index in [4.69, 9.17) is 16.3 Å². The van der Waals surface area contributed by atoms with Crippen molar-refractivity contribution in [1.82, 2.24) is 19.2 Å². The molecule has 4 heterocycles. The molecule has 2 fully saturated rings. The lowest BCUT2D eigenvalue weighted by molar-refractivity contribution is 0.0564. The van der Waals surface area contributed by atoms with Crippen LogP contribution in [0.5, 0.6) is 5.88 Å². The van der Waals surface area contributed by atoms with E-state index >= 15 is 0 Å². The topological polar surface area (TPSA) is 75.6 Å². The van der Waals surface area contributed by atoms with E-state index in [1.165, 1.54) is 30.4 Å². The predicted octanol–water partition coefficient (Wildman–Crippen LogP) is 4.41. The molecule has 0 aliphatic carbocycles. The predicted molar refractivity (Wildman–Crippen MR) is 130 cm³/mol. The number of pyridine rings is 1. The molecule has 0 bridgehead atoms. The first-order valence-electron chi connectivity index (χ1n) is 10.3. The zero-order valence-electron chi connectivity index (χ0n) is 18.2. The second-order valence-corrected chi connectivity index (χ2v) is 11.1. The zero-order chi connectivity index (χ0) is 22.9. The molecule has 0 atom stereocenters. The van der Waals surface area contributed by atoms with Gasteiger partial charge in [0.05, 0.1) is 16.9 Å². The number of nitrogens with zero attached hydrogens (tertiary/aromatic N) is 4. The normalized spacial score (nSPS) is 17.8. The quantitative estimate of drug-likeness (QED) is 0.433. The van der Waals surface area contributed by atoms with Crippen LogP contribution in [0.25, 0.3) is 0 Å². The van der Waals surface area contributed by atoms with Crippen molar-refractivity contribution in [2.24, 2.45) is 5.41 Å². The van der Waals surface area contributed by atoms with Crippen LogP contribution in [0, 0.1) is 5.41 Å². The van der Waals surface area contributed by atoms with Crippen LogP contribution in [0.4, 0.5) is 0 Å². The van der Waals surface area contributed by atoms with E-state index in [0.29, 0.717) is 24.5 Å². The summed E-state index contributed by atoms with van der Waals surface area (Å²) in [6.45, 7) is 2.81. The van der Waals surface area contributed by atoms with E-state index in [1.807, 2.05) is 22.3 Å². The van der Waals surface area contributed by atoms with Gasteiger partial charge in [0.1, 0.15) is 10.2 Å². The Bertz CT molecular complexity index is 1000. The van der Waals surface area contributed by atoms with E-state index in [2.05, 4.69) is 9.36 Å². The SMILES string of the molecule is COc1cc(C(=O)N2CCC3(CC2)CCN(C(=O)c2c(SC)nsc2SC)C3)cc(Cl)n1. The molecule has 0 radical (unpaired) electrons. The Hall–Kier alpha value is -1.49. The average Bonchev–Trinajstić information content (AvgIpc) is 3.42. The van der Waals surface area contributed by atoms with E-state index in [1.54, 1.807) is 23.9 Å². The van der Waals surface area contributed by atoms with Crippen LogP contribution in [0.3, 0.4) is 0 Å². The van der Waals surface area contributed by atoms with Gasteiger partial charge in [0.2, 0.25) is 5.88 Å². The minimum atomic E-state index is -0.0630. The summed E-state index contributed by atoms with van der Waals surface area (Å²) in [5.41, 5.74) is 1.31. The number of carbonyl (C=O) groups excluding carboxylic acids is 2. The van der Waals surface area contributed by atoms with Crippen molar-refractivity contribution in [3.8, 4) is 5.88 Å². The summed E-state index contributed by atoms with van der Waals surface area (Å²) in [4.78, 5) is 34.2. The maximum atomic E-state index is 13.3. The van der Waals surface area contributed by atoms with Crippen molar-refractivity contribution in [2.45, 2.75) is 28.5 Å². The molecule has 2 saturated heterocycles. The van der Waals surface area contributed by atoms with Crippen molar-refractivity contribution >= 4 is 58.5 Å². The summed E-state index contributed by atoms with van der Waals surface area (Å²) in [6.07, 6.45) is 6.67. The molecule has 11 heteroatoms. The van der Waals surface area contributed by atoms with E-state index < -0.39 is 0 Å². The van der Waals surface area contributed by atoms with Crippen molar-refractivity contribution in [1.29, 1.82) is 0 Å². The number of hydrogen-bond donors (Lipinski definition) is 0. The second-order valence-electron chi connectivity index (χ2n) is 8.05. The molecule has 0 saturated carbocycles. The van der Waals surface area contributed by atoms with Gasteiger partial charge in [0.25, 0.3) is 11.8 Å². The highest BCUT2D eigenvalue weighted by atomic mass is 35.5. The average molecular weight is 513 g/mol. The minimum Gasteiger partial charge on any atom is -0.481 e. The fourth-order valence-corrected chi connectivity index (χ4v) is 6.93. The van der Waals surface area contributed by atoms with Gasteiger partial charge in [0.15, 0.2) is 0 Å². The van der Waals surface area contributed by atoms with Crippen molar-refractivity contribution < 1.29 is 14.3 Å². The first-order valence-corrected chi connectivity index (χ1v) is 13.9. The number of piperidine rings is 1. The maximum absolute atomic E-state index is 13.3. The molecule has 7 nitrogen and oxygen atoms in total. The Labute approximate surface area is 205 Å². The third-order valence-electron chi connectivity index (χ3n) is 6.29. The molecule has 1 spiro atoms. The number of aromatic nitrogens is 2. The van der Waals surface area contributed by atoms with Crippen LogP contribution in [-0.2, 0) is 0 Å². The molecule has 0 aromatic carbocycles. The molecule has 2 aliphatic heterocycles. The van der Waals surface area contributed by atoms with Crippen LogP contribution >= 0.6 is 46.7 Å². The molecule has 4 rings (SSSR count). The van der Waals surface area contributed by atoms with Crippen LogP contribution in [-0.4, -0.2) is 76.8 Å². The lowest BCUT2D eigenvalue weighted by Gasteiger charge is -2.39. The zero-order valence-corrected chi connectivity index (χ0v) is 21.4. The van der Waals surface area contributed by atoms with Gasteiger partial charge in [-0.2, -0.15) is 4.37 Å². The number of carbonyl (C=O) groups is 2. The Balaban J connectivity index is 1.41. The van der Waals surface area contributed by atoms with Crippen LogP contribution in [0.2, 0.25) is 5.15 Å². The summed E-state index contributed by atoms with van der Waals surface area (Å²) in [5, 5.41) is 1.06. The fourth-order valence-electron chi connectivity index (χ4n) is 4.46. The van der Waals surface area contributed by atoms with Crippen molar-refractivity contribution in [2.75, 3.05) is 45.8 Å². The monoisotopic (exact) mass is 512 g/mol. The van der Waals surface area contributed by atoms with Gasteiger partial charge in [-0.05, 0) is 54.8 Å². The Morgan fingerprint density at radius 2 is 1.78 bits per heavy atom. The van der Waals surface area contributed by atoms with Gasteiger partial charge in [-0.1, -0.05) is 11.6 Å². The van der Waals surface area contributed by atoms with Crippen molar-refractivity contribution in [3.63, 3.8) is 0 Å². The fraction of sp³-hybridized carbons (Fsp3) is 0.524. The molecule has 2 aromatic rings. The number of halogens is 1. The lowest BCUT2D eigenvalue weighted by Crippen LogP contribution is -2.44. The number of methoxy groups -OCH3 is 1. The van der Waals surface area contributed by atoms with Gasteiger partial charge >= 0.3 is 0 Å². The highest BCUT2D eigenvalue weighted by molar-refractivity contribution is 8.01. The van der Waals surface area contributed by atoms with Crippen LogP contribution in [0.1, 0.15) is 40.0 Å². The van der Waals surface area contributed by atoms with Gasteiger partial charge in [-0.15, -0.1) is 23.5 Å². The summed E-state index contributed by atoms with van der Waals surface area (Å²) in [5.74, 6) is 0.352. The molecular weight excluding hydrogens is 488 g/mol. The molecule has 2 amide bonds. The van der Waals surface area contributed by atoms with Crippen LogP contribution in [0.15, 0.2) is 21.4 Å². The second kappa shape index (κ2) is 9.79. The molecule has 2 aliphatic rings. The highest BCUT2D eigenvalue weighted by Gasteiger charge is 2.43. The maximum Gasteiger partial charge on any atom is 0.258 e. The third-order valence-corrected chi connectivity index (χ3v) is 9.22. The number of thioether (sulfide) groups is 2. The Kier molecular flexibility index (Phi) is 7.24. The molecule has 2 aromatic heterocycles. The molecular formula is C21H25ClN4O3S3. The van der Waals surface area contributed by atoms with Gasteiger partial charge < -0.3 is 14.5 Å². The summed E-state index contributed by atoms with van der Waals surface area (Å²) >= 11 is 10.5. The van der Waals surface area contributed by atoms with Gasteiger partial charge in [0, 0.05) is 37.8 Å². The molecule has 0 unspecified atom stereocenters. The number of amides is 2. The van der Waals surface area contributed by atoms with Gasteiger partial charge in [-0.3, -0.25) is 9.59 Å². The summed E-state index contributed by atoms with van der Waals surface area (Å²) in [6, 6.07) is 3.20. The Morgan fingerprint density at radius 1 is 1.09 bits per heavy atom. The summed E-state index contributed by atoms with van der Waals surface area (Å²) < 4.78 is 10.6.